The highest BCUT2D eigenvalue weighted by atomic mass is 16.5. The lowest BCUT2D eigenvalue weighted by molar-refractivity contribution is 0.0744. The summed E-state index contributed by atoms with van der Waals surface area (Å²) in [4.78, 5) is 2.09. The molecule has 0 unspecified atom stereocenters. The Balaban J connectivity index is 1.35. The van der Waals surface area contributed by atoms with Gasteiger partial charge in [-0.05, 0) is 36.7 Å². The van der Waals surface area contributed by atoms with Gasteiger partial charge in [0.15, 0.2) is 5.76 Å². The van der Waals surface area contributed by atoms with E-state index in [1.165, 1.54) is 5.56 Å². The maximum atomic E-state index is 10.3. The van der Waals surface area contributed by atoms with Crippen LogP contribution in [0, 0.1) is 0 Å². The molecule has 0 radical (unpaired) electrons. The predicted molar refractivity (Wildman–Crippen MR) is 117 cm³/mol. The largest absolute Gasteiger partial charge is 0.491 e. The first-order valence-corrected chi connectivity index (χ1v) is 10.4. The SMILES string of the molecule is CCc1cc(CNCc2ccc(OC[C@@H](O)CN(C)Cc3ccccc3)cc2)on1. The van der Waals surface area contributed by atoms with Crippen LogP contribution in [0.15, 0.2) is 65.2 Å². The summed E-state index contributed by atoms with van der Waals surface area (Å²) in [5.41, 5.74) is 3.36. The molecule has 3 rings (SSSR count). The summed E-state index contributed by atoms with van der Waals surface area (Å²) in [7, 11) is 2.00. The zero-order valence-corrected chi connectivity index (χ0v) is 17.8. The Bertz CT molecular complexity index is 865. The van der Waals surface area contributed by atoms with Gasteiger partial charge in [-0.25, -0.2) is 0 Å². The van der Waals surface area contributed by atoms with Crippen LogP contribution < -0.4 is 10.1 Å². The van der Waals surface area contributed by atoms with Crippen LogP contribution in [0.4, 0.5) is 0 Å². The fraction of sp³-hybridized carbons (Fsp3) is 0.375. The van der Waals surface area contributed by atoms with Crippen LogP contribution in [0.1, 0.15) is 29.5 Å². The number of hydrogen-bond donors (Lipinski definition) is 2. The maximum Gasteiger partial charge on any atom is 0.150 e. The molecule has 2 aromatic carbocycles. The molecule has 30 heavy (non-hydrogen) atoms. The molecule has 0 spiro atoms. The number of benzene rings is 2. The molecule has 0 amide bonds. The lowest BCUT2D eigenvalue weighted by atomic mass is 10.2. The van der Waals surface area contributed by atoms with Crippen LogP contribution in [0.2, 0.25) is 0 Å². The number of aliphatic hydroxyl groups is 1. The van der Waals surface area contributed by atoms with E-state index in [0.29, 0.717) is 13.1 Å². The zero-order chi connectivity index (χ0) is 21.2. The number of aliphatic hydroxyl groups excluding tert-OH is 1. The van der Waals surface area contributed by atoms with Crippen LogP contribution in [0.25, 0.3) is 0 Å². The number of rotatable bonds is 12. The minimum Gasteiger partial charge on any atom is -0.491 e. The zero-order valence-electron chi connectivity index (χ0n) is 17.8. The average Bonchev–Trinajstić information content (AvgIpc) is 3.22. The van der Waals surface area contributed by atoms with E-state index in [2.05, 4.69) is 34.4 Å². The Morgan fingerprint density at radius 2 is 1.83 bits per heavy atom. The number of nitrogens with one attached hydrogen (secondary N) is 1. The van der Waals surface area contributed by atoms with Crippen molar-refractivity contribution in [1.82, 2.24) is 15.4 Å². The highest BCUT2D eigenvalue weighted by Crippen LogP contribution is 2.13. The average molecular weight is 410 g/mol. The van der Waals surface area contributed by atoms with Gasteiger partial charge in [0.2, 0.25) is 0 Å². The lowest BCUT2D eigenvalue weighted by Gasteiger charge is -2.21. The second-order valence-electron chi connectivity index (χ2n) is 7.53. The third kappa shape index (κ3) is 7.30. The van der Waals surface area contributed by atoms with Crippen LogP contribution in [0.5, 0.6) is 5.75 Å². The molecule has 1 atom stereocenters. The number of likely N-dealkylation sites (N-methyl/N-ethyl adjacent to an activating group) is 1. The Morgan fingerprint density at radius 3 is 2.53 bits per heavy atom. The van der Waals surface area contributed by atoms with Crippen molar-refractivity contribution in [3.8, 4) is 5.75 Å². The van der Waals surface area contributed by atoms with Crippen molar-refractivity contribution < 1.29 is 14.4 Å². The molecule has 2 N–H and O–H groups in total. The highest BCUT2D eigenvalue weighted by molar-refractivity contribution is 5.27. The van der Waals surface area contributed by atoms with Gasteiger partial charge in [0.1, 0.15) is 18.5 Å². The first kappa shape index (κ1) is 22.0. The maximum absolute atomic E-state index is 10.3. The summed E-state index contributed by atoms with van der Waals surface area (Å²) in [5, 5.41) is 17.6. The number of nitrogens with zero attached hydrogens (tertiary/aromatic N) is 2. The van der Waals surface area contributed by atoms with E-state index in [1.54, 1.807) is 0 Å². The highest BCUT2D eigenvalue weighted by Gasteiger charge is 2.10. The molecule has 0 saturated heterocycles. The molecule has 1 heterocycles. The van der Waals surface area contributed by atoms with Crippen molar-refractivity contribution in [3.63, 3.8) is 0 Å². The molecule has 0 fully saturated rings. The van der Waals surface area contributed by atoms with E-state index in [0.717, 1.165) is 42.3 Å². The molecular weight excluding hydrogens is 378 g/mol. The molecule has 160 valence electrons. The standard InChI is InChI=1S/C24H31N3O3/c1-3-21-13-24(30-26-21)15-25-14-19-9-11-23(12-10-19)29-18-22(28)17-27(2)16-20-7-5-4-6-8-20/h4-13,22,25,28H,3,14-18H2,1-2H3/t22-/m0/s1. The van der Waals surface area contributed by atoms with Crippen LogP contribution in [-0.4, -0.2) is 41.5 Å². The van der Waals surface area contributed by atoms with Gasteiger partial charge in [-0.1, -0.05) is 54.5 Å². The molecular formula is C24H31N3O3. The lowest BCUT2D eigenvalue weighted by Crippen LogP contribution is -2.32. The van der Waals surface area contributed by atoms with Gasteiger partial charge in [0, 0.05) is 25.7 Å². The van der Waals surface area contributed by atoms with Crippen molar-refractivity contribution in [2.45, 2.75) is 39.1 Å². The van der Waals surface area contributed by atoms with E-state index in [4.69, 9.17) is 9.26 Å². The number of aryl methyl sites for hydroxylation is 1. The third-order valence-electron chi connectivity index (χ3n) is 4.78. The van der Waals surface area contributed by atoms with Crippen molar-refractivity contribution in [3.05, 3.63) is 83.2 Å². The Kier molecular flexibility index (Phi) is 8.44. The smallest absolute Gasteiger partial charge is 0.150 e. The number of ether oxygens (including phenoxy) is 1. The molecule has 6 nitrogen and oxygen atoms in total. The van der Waals surface area contributed by atoms with Crippen LogP contribution in [-0.2, 0) is 26.1 Å². The van der Waals surface area contributed by atoms with Gasteiger partial charge in [0.05, 0.1) is 12.2 Å². The summed E-state index contributed by atoms with van der Waals surface area (Å²) < 4.78 is 11.0. The van der Waals surface area contributed by atoms with Crippen LogP contribution >= 0.6 is 0 Å². The summed E-state index contributed by atoms with van der Waals surface area (Å²) in [6, 6.07) is 20.1. The Morgan fingerprint density at radius 1 is 1.07 bits per heavy atom. The normalized spacial score (nSPS) is 12.3. The summed E-state index contributed by atoms with van der Waals surface area (Å²) in [6.07, 6.45) is 0.332. The van der Waals surface area contributed by atoms with Crippen molar-refractivity contribution >= 4 is 0 Å². The minimum absolute atomic E-state index is 0.266. The molecule has 0 aliphatic rings. The van der Waals surface area contributed by atoms with E-state index in [-0.39, 0.29) is 6.61 Å². The summed E-state index contributed by atoms with van der Waals surface area (Å²) in [6.45, 7) is 5.05. The van der Waals surface area contributed by atoms with Gasteiger partial charge < -0.3 is 19.7 Å². The second-order valence-corrected chi connectivity index (χ2v) is 7.53. The van der Waals surface area contributed by atoms with Crippen molar-refractivity contribution in [1.29, 1.82) is 0 Å². The fourth-order valence-corrected chi connectivity index (χ4v) is 3.20. The van der Waals surface area contributed by atoms with E-state index < -0.39 is 6.10 Å². The second kappa shape index (κ2) is 11.5. The predicted octanol–water partition coefficient (Wildman–Crippen LogP) is 3.40. The number of aromatic nitrogens is 1. The van der Waals surface area contributed by atoms with Gasteiger partial charge >= 0.3 is 0 Å². The number of hydrogen-bond acceptors (Lipinski definition) is 6. The quantitative estimate of drug-likeness (QED) is 0.478. The van der Waals surface area contributed by atoms with E-state index in [1.807, 2.05) is 55.6 Å². The molecule has 0 aliphatic heterocycles. The molecule has 3 aromatic rings. The first-order chi connectivity index (χ1) is 14.6. The van der Waals surface area contributed by atoms with Gasteiger partial charge in [-0.15, -0.1) is 0 Å². The fourth-order valence-electron chi connectivity index (χ4n) is 3.20. The Hall–Kier alpha value is -2.67. The topological polar surface area (TPSA) is 70.8 Å². The molecule has 6 heteroatoms. The molecule has 0 saturated carbocycles. The van der Waals surface area contributed by atoms with Gasteiger partial charge in [0.25, 0.3) is 0 Å². The molecule has 0 aliphatic carbocycles. The van der Waals surface area contributed by atoms with Gasteiger partial charge in [-0.2, -0.15) is 0 Å². The first-order valence-electron chi connectivity index (χ1n) is 10.4. The van der Waals surface area contributed by atoms with E-state index in [9.17, 15) is 5.11 Å². The van der Waals surface area contributed by atoms with Gasteiger partial charge in [-0.3, -0.25) is 4.90 Å². The molecule has 1 aromatic heterocycles. The summed E-state index contributed by atoms with van der Waals surface area (Å²) >= 11 is 0. The van der Waals surface area contributed by atoms with Crippen molar-refractivity contribution in [2.24, 2.45) is 0 Å². The third-order valence-corrected chi connectivity index (χ3v) is 4.78. The van der Waals surface area contributed by atoms with Crippen LogP contribution in [0.3, 0.4) is 0 Å². The minimum atomic E-state index is -0.546. The summed E-state index contributed by atoms with van der Waals surface area (Å²) in [5.74, 6) is 1.60. The molecule has 0 bridgehead atoms. The Labute approximate surface area is 178 Å². The monoisotopic (exact) mass is 409 g/mol. The van der Waals surface area contributed by atoms with E-state index >= 15 is 0 Å². The van der Waals surface area contributed by atoms with Crippen molar-refractivity contribution in [2.75, 3.05) is 20.2 Å².